The number of benzene rings is 1. The van der Waals surface area contributed by atoms with Crippen LogP contribution in [0.2, 0.25) is 0 Å². The molecule has 1 unspecified atom stereocenters. The number of piperidine rings is 1. The van der Waals surface area contributed by atoms with Crippen LogP contribution in [0.1, 0.15) is 19.3 Å². The second kappa shape index (κ2) is 7.69. The second-order valence-corrected chi connectivity index (χ2v) is 7.62. The van der Waals surface area contributed by atoms with Gasteiger partial charge in [-0.25, -0.2) is 8.42 Å². The predicted octanol–water partition coefficient (Wildman–Crippen LogP) is 2.28. The number of nitro groups is 1. The molecule has 10 heteroatoms. The third-order valence-corrected chi connectivity index (χ3v) is 6.15. The Balaban J connectivity index is 0.00000242. The largest absolute Gasteiger partial charge is 0.329 e. The maximum atomic E-state index is 12.7. The summed E-state index contributed by atoms with van der Waals surface area (Å²) in [4.78, 5) is 10.3. The van der Waals surface area contributed by atoms with E-state index in [0.29, 0.717) is 6.54 Å². The van der Waals surface area contributed by atoms with Gasteiger partial charge in [0.1, 0.15) is 0 Å². The first-order valence-corrected chi connectivity index (χ1v) is 8.77. The van der Waals surface area contributed by atoms with Crippen molar-refractivity contribution in [3.63, 3.8) is 0 Å². The molecule has 1 atom stereocenters. The zero-order chi connectivity index (χ0) is 15.6. The molecule has 1 aromatic carbocycles. The van der Waals surface area contributed by atoms with Crippen molar-refractivity contribution in [3.8, 4) is 0 Å². The third-order valence-electron chi connectivity index (χ3n) is 3.57. The summed E-state index contributed by atoms with van der Waals surface area (Å²) in [5.74, 6) is 0. The van der Waals surface area contributed by atoms with Crippen LogP contribution in [0.4, 0.5) is 5.69 Å². The van der Waals surface area contributed by atoms with E-state index in [1.54, 1.807) is 0 Å². The van der Waals surface area contributed by atoms with Crippen molar-refractivity contribution in [2.45, 2.75) is 30.2 Å². The molecule has 0 radical (unpaired) electrons. The van der Waals surface area contributed by atoms with Gasteiger partial charge in [-0.1, -0.05) is 6.42 Å². The fraction of sp³-hybridized carbons (Fsp3) is 0.500. The molecule has 0 saturated carbocycles. The summed E-state index contributed by atoms with van der Waals surface area (Å²) in [6.07, 6.45) is 2.49. The monoisotopic (exact) mass is 413 g/mol. The number of nitrogens with zero attached hydrogens (tertiary/aromatic N) is 2. The number of rotatable bonds is 4. The Bertz CT molecular complexity index is 656. The second-order valence-electron chi connectivity index (χ2n) is 4.87. The average molecular weight is 415 g/mol. The molecule has 2 rings (SSSR count). The highest BCUT2D eigenvalue weighted by Gasteiger charge is 2.33. The summed E-state index contributed by atoms with van der Waals surface area (Å²) in [5.41, 5.74) is 5.49. The molecule has 0 bridgehead atoms. The van der Waals surface area contributed by atoms with Crippen LogP contribution in [0.5, 0.6) is 0 Å². The zero-order valence-corrected chi connectivity index (χ0v) is 14.9. The zero-order valence-electron chi connectivity index (χ0n) is 11.6. The first-order chi connectivity index (χ1) is 9.87. The molecule has 7 nitrogen and oxygen atoms in total. The van der Waals surface area contributed by atoms with E-state index in [2.05, 4.69) is 15.9 Å². The van der Waals surface area contributed by atoms with Gasteiger partial charge < -0.3 is 5.73 Å². The Hall–Kier alpha value is -0.740. The van der Waals surface area contributed by atoms with Gasteiger partial charge in [0.2, 0.25) is 10.0 Å². The Labute approximate surface area is 143 Å². The van der Waals surface area contributed by atoms with E-state index in [1.165, 1.54) is 22.5 Å². The first kappa shape index (κ1) is 19.3. The van der Waals surface area contributed by atoms with Gasteiger partial charge in [-0.2, -0.15) is 4.31 Å². The predicted molar refractivity (Wildman–Crippen MR) is 88.6 cm³/mol. The highest BCUT2D eigenvalue weighted by atomic mass is 79.9. The first-order valence-electron chi connectivity index (χ1n) is 6.53. The van der Waals surface area contributed by atoms with Crippen molar-refractivity contribution in [2.24, 2.45) is 5.73 Å². The summed E-state index contributed by atoms with van der Waals surface area (Å²) in [6.45, 7) is 0.701. The molecule has 0 amide bonds. The molecule has 1 aromatic rings. The number of nitrogens with two attached hydrogens (primary N) is 1. The minimum absolute atomic E-state index is 0. The quantitative estimate of drug-likeness (QED) is 0.601. The SMILES string of the molecule is Cl.NCC1CCCCN1S(=O)(=O)c1ccc([N+](=O)[O-])c(Br)c1. The molecule has 0 aromatic heterocycles. The number of sulfonamides is 1. The summed E-state index contributed by atoms with van der Waals surface area (Å²) in [7, 11) is -3.69. The van der Waals surface area contributed by atoms with Crippen LogP contribution in [0.25, 0.3) is 0 Å². The lowest BCUT2D eigenvalue weighted by molar-refractivity contribution is -0.385. The molecule has 1 heterocycles. The van der Waals surface area contributed by atoms with Gasteiger partial charge in [0.15, 0.2) is 0 Å². The van der Waals surface area contributed by atoms with Crippen LogP contribution < -0.4 is 5.73 Å². The smallest absolute Gasteiger partial charge is 0.283 e. The maximum Gasteiger partial charge on any atom is 0.283 e. The van der Waals surface area contributed by atoms with E-state index < -0.39 is 14.9 Å². The number of nitro benzene ring substituents is 1. The van der Waals surface area contributed by atoms with Crippen molar-refractivity contribution in [2.75, 3.05) is 13.1 Å². The van der Waals surface area contributed by atoms with Crippen LogP contribution >= 0.6 is 28.3 Å². The van der Waals surface area contributed by atoms with Crippen LogP contribution in [0.15, 0.2) is 27.6 Å². The molecule has 124 valence electrons. The minimum Gasteiger partial charge on any atom is -0.329 e. The van der Waals surface area contributed by atoms with Gasteiger partial charge in [-0.15, -0.1) is 12.4 Å². The maximum absolute atomic E-state index is 12.7. The highest BCUT2D eigenvalue weighted by molar-refractivity contribution is 9.10. The highest BCUT2D eigenvalue weighted by Crippen LogP contribution is 2.30. The van der Waals surface area contributed by atoms with Crippen molar-refractivity contribution in [3.05, 3.63) is 32.8 Å². The lowest BCUT2D eigenvalue weighted by Crippen LogP contribution is -2.47. The topological polar surface area (TPSA) is 107 Å². The van der Waals surface area contributed by atoms with Crippen LogP contribution in [-0.4, -0.2) is 36.8 Å². The van der Waals surface area contributed by atoms with Gasteiger partial charge in [0, 0.05) is 25.2 Å². The molecule has 1 fully saturated rings. The summed E-state index contributed by atoms with van der Waals surface area (Å²) >= 11 is 3.05. The van der Waals surface area contributed by atoms with E-state index in [0.717, 1.165) is 19.3 Å². The van der Waals surface area contributed by atoms with E-state index in [9.17, 15) is 18.5 Å². The Morgan fingerprint density at radius 2 is 2.09 bits per heavy atom. The van der Waals surface area contributed by atoms with Gasteiger partial charge in [-0.3, -0.25) is 10.1 Å². The number of hydrogen-bond acceptors (Lipinski definition) is 5. The van der Waals surface area contributed by atoms with Gasteiger partial charge >= 0.3 is 0 Å². The molecular weight excluding hydrogens is 398 g/mol. The minimum atomic E-state index is -3.69. The normalized spacial score (nSPS) is 19.5. The fourth-order valence-corrected chi connectivity index (χ4v) is 4.86. The molecule has 0 aliphatic carbocycles. The van der Waals surface area contributed by atoms with Gasteiger partial charge in [0.25, 0.3) is 5.69 Å². The molecule has 1 aliphatic rings. The fourth-order valence-electron chi connectivity index (χ4n) is 2.46. The molecule has 0 spiro atoms. The molecule has 1 aliphatic heterocycles. The Morgan fingerprint density at radius 1 is 1.41 bits per heavy atom. The third kappa shape index (κ3) is 3.77. The Morgan fingerprint density at radius 3 is 2.64 bits per heavy atom. The number of halogens is 2. The van der Waals surface area contributed by atoms with E-state index in [1.807, 2.05) is 0 Å². The lowest BCUT2D eigenvalue weighted by atomic mass is 10.1. The van der Waals surface area contributed by atoms with Crippen molar-refractivity contribution in [1.82, 2.24) is 4.31 Å². The van der Waals surface area contributed by atoms with Crippen molar-refractivity contribution in [1.29, 1.82) is 0 Å². The Kier molecular flexibility index (Phi) is 6.75. The molecule has 1 saturated heterocycles. The average Bonchev–Trinajstić information content (AvgIpc) is 2.46. The van der Waals surface area contributed by atoms with Crippen molar-refractivity contribution < 1.29 is 13.3 Å². The van der Waals surface area contributed by atoms with Crippen molar-refractivity contribution >= 4 is 44.0 Å². The molecule has 22 heavy (non-hydrogen) atoms. The summed E-state index contributed by atoms with van der Waals surface area (Å²) in [6, 6.07) is 3.52. The summed E-state index contributed by atoms with van der Waals surface area (Å²) < 4.78 is 26.9. The van der Waals surface area contributed by atoms with Gasteiger partial charge in [0.05, 0.1) is 14.3 Å². The number of hydrogen-bond donors (Lipinski definition) is 1. The van der Waals surface area contributed by atoms with Crippen LogP contribution in [0, 0.1) is 10.1 Å². The van der Waals surface area contributed by atoms with E-state index in [-0.39, 0.29) is 40.0 Å². The van der Waals surface area contributed by atoms with Gasteiger partial charge in [-0.05, 0) is 40.9 Å². The van der Waals surface area contributed by atoms with Crippen LogP contribution in [-0.2, 0) is 10.0 Å². The molecule has 2 N–H and O–H groups in total. The standard InChI is InChI=1S/C12H16BrN3O4S.ClH/c13-11-7-10(4-5-12(11)16(17)18)21(19,20)15-6-2-1-3-9(15)8-14;/h4-5,7,9H,1-3,6,8,14H2;1H. The van der Waals surface area contributed by atoms with E-state index in [4.69, 9.17) is 5.73 Å². The van der Waals surface area contributed by atoms with Crippen LogP contribution in [0.3, 0.4) is 0 Å². The van der Waals surface area contributed by atoms with E-state index >= 15 is 0 Å². The lowest BCUT2D eigenvalue weighted by Gasteiger charge is -2.33. The summed E-state index contributed by atoms with van der Waals surface area (Å²) in [5, 5.41) is 10.8. The molecular formula is C12H17BrClN3O4S.